The van der Waals surface area contributed by atoms with Crippen LogP contribution in [0.2, 0.25) is 0 Å². The Hall–Kier alpha value is -1.10. The van der Waals surface area contributed by atoms with Crippen LogP contribution in [0.25, 0.3) is 0 Å². The summed E-state index contributed by atoms with van der Waals surface area (Å²) in [6, 6.07) is -0.0415. The van der Waals surface area contributed by atoms with Crippen molar-refractivity contribution in [3.63, 3.8) is 0 Å². The lowest BCUT2D eigenvalue weighted by molar-refractivity contribution is -0.132. The average Bonchev–Trinajstić information content (AvgIpc) is 2.25. The minimum Gasteiger partial charge on any atom is -0.383 e. The van der Waals surface area contributed by atoms with E-state index < -0.39 is 0 Å². The molecule has 1 atom stereocenters. The second-order valence-corrected chi connectivity index (χ2v) is 3.41. The first-order chi connectivity index (χ1) is 6.65. The van der Waals surface area contributed by atoms with Crippen LogP contribution in [0, 0.1) is 0 Å². The normalized spacial score (nSPS) is 23.3. The molecule has 80 valence electrons. The molecule has 2 amide bonds. The molecule has 1 rings (SSSR count). The van der Waals surface area contributed by atoms with Crippen LogP contribution in [0.15, 0.2) is 0 Å². The van der Waals surface area contributed by atoms with Crippen LogP contribution >= 0.6 is 0 Å². The molecule has 5 nitrogen and oxygen atoms in total. The van der Waals surface area contributed by atoms with Gasteiger partial charge in [-0.3, -0.25) is 9.59 Å². The average molecular weight is 200 g/mol. The van der Waals surface area contributed by atoms with Crippen molar-refractivity contribution in [1.82, 2.24) is 10.2 Å². The Morgan fingerprint density at radius 1 is 1.57 bits per heavy atom. The van der Waals surface area contributed by atoms with Crippen molar-refractivity contribution in [2.24, 2.45) is 0 Å². The molecule has 1 fully saturated rings. The number of ether oxygens (including phenoxy) is 1. The van der Waals surface area contributed by atoms with E-state index in [-0.39, 0.29) is 24.4 Å². The van der Waals surface area contributed by atoms with E-state index >= 15 is 0 Å². The van der Waals surface area contributed by atoms with Crippen molar-refractivity contribution in [2.75, 3.05) is 26.8 Å². The molecule has 0 radical (unpaired) electrons. The van der Waals surface area contributed by atoms with E-state index in [2.05, 4.69) is 5.32 Å². The molecule has 5 heteroatoms. The number of rotatable bonds is 3. The van der Waals surface area contributed by atoms with Gasteiger partial charge in [-0.05, 0) is 6.92 Å². The number of carbonyl (C=O) groups is 2. The van der Waals surface area contributed by atoms with Crippen LogP contribution in [0.1, 0.15) is 13.3 Å². The predicted octanol–water partition coefficient (Wildman–Crippen LogP) is -0.630. The largest absolute Gasteiger partial charge is 0.383 e. The zero-order chi connectivity index (χ0) is 10.6. The Balaban J connectivity index is 2.59. The summed E-state index contributed by atoms with van der Waals surface area (Å²) < 4.78 is 4.91. The molecule has 14 heavy (non-hydrogen) atoms. The van der Waals surface area contributed by atoms with E-state index in [1.54, 1.807) is 12.0 Å². The van der Waals surface area contributed by atoms with Crippen molar-refractivity contribution < 1.29 is 14.3 Å². The minimum absolute atomic E-state index is 0.0413. The van der Waals surface area contributed by atoms with E-state index in [4.69, 9.17) is 4.74 Å². The number of nitrogens with zero attached hydrogens (tertiary/aromatic N) is 1. The van der Waals surface area contributed by atoms with Gasteiger partial charge in [-0.25, -0.2) is 0 Å². The molecule has 0 aromatic carbocycles. The van der Waals surface area contributed by atoms with Gasteiger partial charge >= 0.3 is 0 Å². The lowest BCUT2D eigenvalue weighted by Gasteiger charge is -2.25. The summed E-state index contributed by atoms with van der Waals surface area (Å²) in [6.45, 7) is 3.03. The van der Waals surface area contributed by atoms with E-state index in [0.29, 0.717) is 19.6 Å². The Bertz CT molecular complexity index is 230. The van der Waals surface area contributed by atoms with Gasteiger partial charge in [-0.1, -0.05) is 0 Å². The van der Waals surface area contributed by atoms with Crippen LogP contribution in [0.4, 0.5) is 0 Å². The van der Waals surface area contributed by atoms with Gasteiger partial charge in [0.15, 0.2) is 0 Å². The standard InChI is InChI=1S/C9H16N2O3/c1-7-5-8(12)10-6-9(13)11(7)3-4-14-2/h7H,3-6H2,1-2H3,(H,10,12). The SMILES string of the molecule is COCCN1C(=O)CNC(=O)CC1C. The fourth-order valence-electron chi connectivity index (χ4n) is 1.51. The Kier molecular flexibility index (Phi) is 3.88. The second kappa shape index (κ2) is 4.95. The Morgan fingerprint density at radius 2 is 2.29 bits per heavy atom. The molecule has 0 spiro atoms. The van der Waals surface area contributed by atoms with Crippen molar-refractivity contribution in [3.8, 4) is 0 Å². The maximum Gasteiger partial charge on any atom is 0.242 e. The Morgan fingerprint density at radius 3 is 2.93 bits per heavy atom. The summed E-state index contributed by atoms with van der Waals surface area (Å²) in [5.74, 6) is -0.105. The predicted molar refractivity (Wildman–Crippen MR) is 50.7 cm³/mol. The molecular formula is C9H16N2O3. The monoisotopic (exact) mass is 200 g/mol. The van der Waals surface area contributed by atoms with Crippen LogP contribution < -0.4 is 5.32 Å². The van der Waals surface area contributed by atoms with Crippen molar-refractivity contribution >= 4 is 11.8 Å². The first-order valence-electron chi connectivity index (χ1n) is 4.70. The van der Waals surface area contributed by atoms with Gasteiger partial charge in [-0.15, -0.1) is 0 Å². The van der Waals surface area contributed by atoms with Gasteiger partial charge in [0.1, 0.15) is 0 Å². The molecule has 1 saturated heterocycles. The third kappa shape index (κ3) is 2.70. The van der Waals surface area contributed by atoms with E-state index in [0.717, 1.165) is 0 Å². The highest BCUT2D eigenvalue weighted by molar-refractivity contribution is 5.87. The maximum atomic E-state index is 11.5. The summed E-state index contributed by atoms with van der Waals surface area (Å²) in [5, 5.41) is 2.56. The third-order valence-electron chi connectivity index (χ3n) is 2.31. The van der Waals surface area contributed by atoms with Gasteiger partial charge in [0.2, 0.25) is 11.8 Å². The molecule has 0 saturated carbocycles. The van der Waals surface area contributed by atoms with Crippen molar-refractivity contribution in [3.05, 3.63) is 0 Å². The highest BCUT2D eigenvalue weighted by Crippen LogP contribution is 2.07. The van der Waals surface area contributed by atoms with Crippen LogP contribution in [0.3, 0.4) is 0 Å². The van der Waals surface area contributed by atoms with E-state index in [1.165, 1.54) is 0 Å². The lowest BCUT2D eigenvalue weighted by atomic mass is 10.2. The molecule has 1 N–H and O–H groups in total. The van der Waals surface area contributed by atoms with E-state index in [1.807, 2.05) is 6.92 Å². The molecule has 0 bridgehead atoms. The second-order valence-electron chi connectivity index (χ2n) is 3.41. The molecule has 1 aliphatic heterocycles. The zero-order valence-electron chi connectivity index (χ0n) is 8.58. The van der Waals surface area contributed by atoms with Crippen molar-refractivity contribution in [2.45, 2.75) is 19.4 Å². The fraction of sp³-hybridized carbons (Fsp3) is 0.778. The van der Waals surface area contributed by atoms with Gasteiger partial charge in [0.25, 0.3) is 0 Å². The zero-order valence-corrected chi connectivity index (χ0v) is 8.58. The molecule has 1 aliphatic rings. The van der Waals surface area contributed by atoms with E-state index in [9.17, 15) is 9.59 Å². The lowest BCUT2D eigenvalue weighted by Crippen LogP contribution is -2.41. The quantitative estimate of drug-likeness (QED) is 0.660. The maximum absolute atomic E-state index is 11.5. The first kappa shape index (κ1) is 11.0. The highest BCUT2D eigenvalue weighted by Gasteiger charge is 2.25. The molecule has 1 heterocycles. The number of nitrogens with one attached hydrogen (secondary N) is 1. The molecule has 1 unspecified atom stereocenters. The topological polar surface area (TPSA) is 58.6 Å². The summed E-state index contributed by atoms with van der Waals surface area (Å²) in [6.07, 6.45) is 0.370. The summed E-state index contributed by atoms with van der Waals surface area (Å²) in [4.78, 5) is 24.4. The molecular weight excluding hydrogens is 184 g/mol. The first-order valence-corrected chi connectivity index (χ1v) is 4.70. The Labute approximate surface area is 83.4 Å². The summed E-state index contributed by atoms with van der Waals surface area (Å²) in [7, 11) is 1.59. The van der Waals surface area contributed by atoms with Gasteiger partial charge in [-0.2, -0.15) is 0 Å². The van der Waals surface area contributed by atoms with Crippen LogP contribution in [-0.2, 0) is 14.3 Å². The number of hydrogen-bond acceptors (Lipinski definition) is 3. The summed E-state index contributed by atoms with van der Waals surface area (Å²) >= 11 is 0. The number of hydrogen-bond donors (Lipinski definition) is 1. The van der Waals surface area contributed by atoms with Crippen LogP contribution in [0.5, 0.6) is 0 Å². The van der Waals surface area contributed by atoms with Gasteiger partial charge in [0, 0.05) is 26.1 Å². The fourth-order valence-corrected chi connectivity index (χ4v) is 1.51. The molecule has 0 aromatic rings. The minimum atomic E-state index is -0.0641. The summed E-state index contributed by atoms with van der Waals surface area (Å²) in [5.41, 5.74) is 0. The number of methoxy groups -OCH3 is 1. The third-order valence-corrected chi connectivity index (χ3v) is 2.31. The van der Waals surface area contributed by atoms with Crippen LogP contribution in [-0.4, -0.2) is 49.6 Å². The van der Waals surface area contributed by atoms with Crippen molar-refractivity contribution in [1.29, 1.82) is 0 Å². The smallest absolute Gasteiger partial charge is 0.242 e. The number of amides is 2. The molecule has 0 aliphatic carbocycles. The van der Waals surface area contributed by atoms with Gasteiger partial charge in [0.05, 0.1) is 13.2 Å². The highest BCUT2D eigenvalue weighted by atomic mass is 16.5. The molecule has 0 aromatic heterocycles. The van der Waals surface area contributed by atoms with Gasteiger partial charge < -0.3 is 15.0 Å². The number of carbonyl (C=O) groups excluding carboxylic acids is 2.